The zero-order valence-corrected chi connectivity index (χ0v) is 4.56. The first-order chi connectivity index (χ1) is 3.18. The Morgan fingerprint density at radius 2 is 2.00 bits per heavy atom. The second kappa shape index (κ2) is 2.39. The van der Waals surface area contributed by atoms with Crippen molar-refractivity contribution >= 4 is 6.29 Å². The number of rotatable bonds is 1. The monoisotopic (exact) mass is 99.1 g/mol. The predicted molar refractivity (Wildman–Crippen MR) is 28.6 cm³/mol. The van der Waals surface area contributed by atoms with E-state index in [4.69, 9.17) is 5.73 Å². The van der Waals surface area contributed by atoms with Gasteiger partial charge >= 0.3 is 0 Å². The van der Waals surface area contributed by atoms with E-state index in [1.54, 1.807) is 13.8 Å². The van der Waals surface area contributed by atoms with Crippen molar-refractivity contribution < 1.29 is 4.79 Å². The van der Waals surface area contributed by atoms with E-state index in [1.165, 1.54) is 0 Å². The van der Waals surface area contributed by atoms with Crippen LogP contribution in [0.2, 0.25) is 0 Å². The molecule has 0 saturated carbocycles. The van der Waals surface area contributed by atoms with E-state index in [1.807, 2.05) is 0 Å². The lowest BCUT2D eigenvalue weighted by molar-refractivity contribution is -0.104. The molecule has 2 nitrogen and oxygen atoms in total. The number of carbonyl (C=O) groups excluding carboxylic acids is 1. The molecule has 0 saturated heterocycles. The van der Waals surface area contributed by atoms with Crippen LogP contribution in [0.1, 0.15) is 13.8 Å². The highest BCUT2D eigenvalue weighted by atomic mass is 16.1. The van der Waals surface area contributed by atoms with Gasteiger partial charge in [0.1, 0.15) is 6.29 Å². The molecule has 0 heterocycles. The Hall–Kier alpha value is -0.790. The summed E-state index contributed by atoms with van der Waals surface area (Å²) in [7, 11) is 0. The molecule has 0 bridgehead atoms. The molecule has 0 aliphatic rings. The first-order valence-corrected chi connectivity index (χ1v) is 2.06. The number of allylic oxidation sites excluding steroid dienone is 2. The maximum atomic E-state index is 9.81. The first kappa shape index (κ1) is 6.21. The van der Waals surface area contributed by atoms with Gasteiger partial charge in [-0.15, -0.1) is 0 Å². The van der Waals surface area contributed by atoms with E-state index in [9.17, 15) is 4.79 Å². The molecule has 0 aliphatic heterocycles. The summed E-state index contributed by atoms with van der Waals surface area (Å²) in [5.74, 6) is 0. The average molecular weight is 99.1 g/mol. The smallest absolute Gasteiger partial charge is 0.147 e. The van der Waals surface area contributed by atoms with Crippen molar-refractivity contribution in [2.45, 2.75) is 13.8 Å². The normalized spacial score (nSPS) is 12.9. The van der Waals surface area contributed by atoms with Crippen LogP contribution < -0.4 is 5.73 Å². The summed E-state index contributed by atoms with van der Waals surface area (Å²) in [6.45, 7) is 3.38. The Balaban J connectivity index is 3.98. The van der Waals surface area contributed by atoms with Crippen LogP contribution in [-0.4, -0.2) is 6.29 Å². The van der Waals surface area contributed by atoms with Gasteiger partial charge in [0.05, 0.1) is 0 Å². The fourth-order valence-corrected chi connectivity index (χ4v) is 0.0929. The average Bonchev–Trinajstić information content (AvgIpc) is 1.65. The Labute approximate surface area is 43.0 Å². The van der Waals surface area contributed by atoms with Gasteiger partial charge in [-0.25, -0.2) is 0 Å². The molecular formula is C5H9NO. The topological polar surface area (TPSA) is 43.1 Å². The number of hydrogen-bond donors (Lipinski definition) is 1. The zero-order valence-electron chi connectivity index (χ0n) is 4.56. The SMILES string of the molecule is C/C(N)=C(\C)C=O. The van der Waals surface area contributed by atoms with E-state index in [-0.39, 0.29) is 0 Å². The Kier molecular flexibility index (Phi) is 2.12. The zero-order chi connectivity index (χ0) is 5.86. The van der Waals surface area contributed by atoms with Crippen LogP contribution in [0, 0.1) is 0 Å². The molecule has 0 atom stereocenters. The molecule has 0 aromatic rings. The Bertz CT molecular complexity index is 101. The van der Waals surface area contributed by atoms with Crippen molar-refractivity contribution in [3.63, 3.8) is 0 Å². The van der Waals surface area contributed by atoms with Crippen LogP contribution in [0.25, 0.3) is 0 Å². The van der Waals surface area contributed by atoms with Gasteiger partial charge in [0.2, 0.25) is 0 Å². The molecule has 0 amide bonds. The van der Waals surface area contributed by atoms with Crippen LogP contribution in [0.4, 0.5) is 0 Å². The van der Waals surface area contributed by atoms with E-state index in [2.05, 4.69) is 0 Å². The van der Waals surface area contributed by atoms with E-state index < -0.39 is 0 Å². The standard InChI is InChI=1S/C5H9NO/c1-4(3-7)5(2)6/h3H,6H2,1-2H3/b5-4-. The summed E-state index contributed by atoms with van der Waals surface area (Å²) >= 11 is 0. The van der Waals surface area contributed by atoms with Crippen LogP contribution in [-0.2, 0) is 4.79 Å². The van der Waals surface area contributed by atoms with Gasteiger partial charge in [-0.05, 0) is 13.8 Å². The molecule has 0 radical (unpaired) electrons. The maximum absolute atomic E-state index is 9.81. The van der Waals surface area contributed by atoms with Crippen LogP contribution in [0.3, 0.4) is 0 Å². The first-order valence-electron chi connectivity index (χ1n) is 2.06. The summed E-state index contributed by atoms with van der Waals surface area (Å²) in [6, 6.07) is 0. The Morgan fingerprint density at radius 3 is 2.00 bits per heavy atom. The lowest BCUT2D eigenvalue weighted by atomic mass is 10.3. The number of hydrogen-bond acceptors (Lipinski definition) is 2. The van der Waals surface area contributed by atoms with Crippen molar-refractivity contribution in [2.24, 2.45) is 5.73 Å². The van der Waals surface area contributed by atoms with Gasteiger partial charge in [0.15, 0.2) is 0 Å². The molecule has 0 spiro atoms. The lowest BCUT2D eigenvalue weighted by Gasteiger charge is -1.87. The predicted octanol–water partition coefficient (Wildman–Crippen LogP) is 0.438. The molecule has 0 fully saturated rings. The van der Waals surface area contributed by atoms with E-state index >= 15 is 0 Å². The van der Waals surface area contributed by atoms with Gasteiger partial charge < -0.3 is 5.73 Å². The summed E-state index contributed by atoms with van der Waals surface area (Å²) < 4.78 is 0. The number of nitrogens with two attached hydrogens (primary N) is 1. The van der Waals surface area contributed by atoms with Crippen molar-refractivity contribution in [1.29, 1.82) is 0 Å². The van der Waals surface area contributed by atoms with Crippen LogP contribution in [0.15, 0.2) is 11.3 Å². The summed E-state index contributed by atoms with van der Waals surface area (Å²) in [5.41, 5.74) is 6.40. The molecular weight excluding hydrogens is 90.1 g/mol. The molecule has 40 valence electrons. The number of aldehydes is 1. The fourth-order valence-electron chi connectivity index (χ4n) is 0.0929. The summed E-state index contributed by atoms with van der Waals surface area (Å²) in [4.78, 5) is 9.81. The minimum Gasteiger partial charge on any atom is -0.402 e. The largest absolute Gasteiger partial charge is 0.402 e. The highest BCUT2D eigenvalue weighted by molar-refractivity contribution is 5.72. The second-order valence-electron chi connectivity index (χ2n) is 1.48. The third kappa shape index (κ3) is 1.98. The third-order valence-corrected chi connectivity index (χ3v) is 0.799. The second-order valence-corrected chi connectivity index (χ2v) is 1.48. The molecule has 7 heavy (non-hydrogen) atoms. The van der Waals surface area contributed by atoms with Gasteiger partial charge in [-0.3, -0.25) is 4.79 Å². The third-order valence-electron chi connectivity index (χ3n) is 0.799. The van der Waals surface area contributed by atoms with Gasteiger partial charge in [0, 0.05) is 11.3 Å². The van der Waals surface area contributed by atoms with Gasteiger partial charge in [-0.1, -0.05) is 0 Å². The molecule has 2 heteroatoms. The summed E-state index contributed by atoms with van der Waals surface area (Å²) in [6.07, 6.45) is 0.745. The van der Waals surface area contributed by atoms with Crippen molar-refractivity contribution in [2.75, 3.05) is 0 Å². The minimum atomic E-state index is 0.593. The molecule has 0 rings (SSSR count). The molecule has 0 aliphatic carbocycles. The quantitative estimate of drug-likeness (QED) is 0.383. The molecule has 0 aromatic carbocycles. The van der Waals surface area contributed by atoms with Crippen molar-refractivity contribution in [3.05, 3.63) is 11.3 Å². The highest BCUT2D eigenvalue weighted by Crippen LogP contribution is 1.88. The maximum Gasteiger partial charge on any atom is 0.147 e. The van der Waals surface area contributed by atoms with Crippen molar-refractivity contribution in [1.82, 2.24) is 0 Å². The minimum absolute atomic E-state index is 0.593. The van der Waals surface area contributed by atoms with Crippen molar-refractivity contribution in [3.8, 4) is 0 Å². The molecule has 0 aromatic heterocycles. The van der Waals surface area contributed by atoms with Gasteiger partial charge in [-0.2, -0.15) is 0 Å². The highest BCUT2D eigenvalue weighted by Gasteiger charge is 1.83. The van der Waals surface area contributed by atoms with Crippen LogP contribution in [0.5, 0.6) is 0 Å². The van der Waals surface area contributed by atoms with E-state index in [0.29, 0.717) is 11.3 Å². The fraction of sp³-hybridized carbons (Fsp3) is 0.400. The molecule has 2 N–H and O–H groups in total. The lowest BCUT2D eigenvalue weighted by Crippen LogP contribution is -1.95. The van der Waals surface area contributed by atoms with Gasteiger partial charge in [0.25, 0.3) is 0 Å². The van der Waals surface area contributed by atoms with E-state index in [0.717, 1.165) is 6.29 Å². The Morgan fingerprint density at radius 1 is 1.57 bits per heavy atom. The summed E-state index contributed by atoms with van der Waals surface area (Å²) in [5, 5.41) is 0. The van der Waals surface area contributed by atoms with Crippen LogP contribution >= 0.6 is 0 Å². The molecule has 0 unspecified atom stereocenters. The number of carbonyl (C=O) groups is 1.